The van der Waals surface area contributed by atoms with E-state index < -0.39 is 0 Å². The normalized spacial score (nSPS) is 11.3. The Bertz CT molecular complexity index is 600. The molecule has 19 heavy (non-hydrogen) atoms. The second-order valence-corrected chi connectivity index (χ2v) is 5.36. The average molecular weight is 261 g/mol. The summed E-state index contributed by atoms with van der Waals surface area (Å²) < 4.78 is 15.6. The fourth-order valence-electron chi connectivity index (χ4n) is 2.13. The van der Waals surface area contributed by atoms with Crippen LogP contribution in [0.1, 0.15) is 25.2 Å². The van der Waals surface area contributed by atoms with Crippen molar-refractivity contribution < 1.29 is 4.39 Å². The number of benzene rings is 1. The summed E-state index contributed by atoms with van der Waals surface area (Å²) >= 11 is 0. The van der Waals surface area contributed by atoms with E-state index in [2.05, 4.69) is 18.8 Å². The Morgan fingerprint density at radius 1 is 1.32 bits per heavy atom. The van der Waals surface area contributed by atoms with Crippen molar-refractivity contribution in [3.05, 3.63) is 35.4 Å². The molecule has 0 spiro atoms. The van der Waals surface area contributed by atoms with Gasteiger partial charge in [-0.05, 0) is 31.4 Å². The summed E-state index contributed by atoms with van der Waals surface area (Å²) in [6, 6.07) is 5.10. The van der Waals surface area contributed by atoms with Gasteiger partial charge in [-0.15, -0.1) is 0 Å². The predicted molar refractivity (Wildman–Crippen MR) is 76.3 cm³/mol. The molecule has 0 aliphatic carbocycles. The third kappa shape index (κ3) is 2.62. The fourth-order valence-corrected chi connectivity index (χ4v) is 2.13. The summed E-state index contributed by atoms with van der Waals surface area (Å²) in [7, 11) is 0. The number of nitrogen functional groups attached to an aromatic ring is 1. The number of hydrogen-bond acceptors (Lipinski definition) is 2. The van der Waals surface area contributed by atoms with E-state index in [9.17, 15) is 4.39 Å². The van der Waals surface area contributed by atoms with Crippen molar-refractivity contribution in [2.45, 2.75) is 34.2 Å². The third-order valence-electron chi connectivity index (χ3n) is 3.19. The topological polar surface area (TPSA) is 43.8 Å². The second-order valence-electron chi connectivity index (χ2n) is 5.36. The minimum atomic E-state index is -0.229. The number of aromatic nitrogens is 2. The molecule has 0 fully saturated rings. The maximum absolute atomic E-state index is 13.6. The molecule has 4 heteroatoms. The summed E-state index contributed by atoms with van der Waals surface area (Å²) in [6.45, 7) is 8.74. The van der Waals surface area contributed by atoms with Crippen LogP contribution in [0.2, 0.25) is 0 Å². The van der Waals surface area contributed by atoms with E-state index in [1.807, 2.05) is 17.6 Å². The summed E-state index contributed by atoms with van der Waals surface area (Å²) in [4.78, 5) is 4.48. The molecule has 0 aliphatic heterocycles. The lowest BCUT2D eigenvalue weighted by atomic mass is 10.1. The monoisotopic (exact) mass is 261 g/mol. The van der Waals surface area contributed by atoms with E-state index in [4.69, 9.17) is 5.73 Å². The van der Waals surface area contributed by atoms with Crippen LogP contribution >= 0.6 is 0 Å². The van der Waals surface area contributed by atoms with Crippen molar-refractivity contribution in [2.75, 3.05) is 5.73 Å². The van der Waals surface area contributed by atoms with E-state index in [-0.39, 0.29) is 5.82 Å². The van der Waals surface area contributed by atoms with Crippen molar-refractivity contribution in [1.29, 1.82) is 0 Å². The van der Waals surface area contributed by atoms with Crippen LogP contribution in [0.15, 0.2) is 18.2 Å². The molecular formula is C15H20FN3. The Morgan fingerprint density at radius 2 is 2.00 bits per heavy atom. The highest BCUT2D eigenvalue weighted by atomic mass is 19.1. The molecule has 102 valence electrons. The summed E-state index contributed by atoms with van der Waals surface area (Å²) in [5.74, 6) is 1.72. The zero-order valence-corrected chi connectivity index (χ0v) is 11.9. The lowest BCUT2D eigenvalue weighted by molar-refractivity contribution is 0.518. The van der Waals surface area contributed by atoms with E-state index in [0.717, 1.165) is 17.9 Å². The molecule has 2 N–H and O–H groups in total. The average Bonchev–Trinajstić information content (AvgIpc) is 2.60. The van der Waals surface area contributed by atoms with Gasteiger partial charge in [0.1, 0.15) is 23.2 Å². The first kappa shape index (κ1) is 13.6. The Balaban J connectivity index is 2.48. The number of halogens is 1. The van der Waals surface area contributed by atoms with Crippen molar-refractivity contribution in [1.82, 2.24) is 9.55 Å². The summed E-state index contributed by atoms with van der Waals surface area (Å²) in [5.41, 5.74) is 8.17. The van der Waals surface area contributed by atoms with Gasteiger partial charge in [0, 0.05) is 12.1 Å². The molecule has 1 aromatic carbocycles. The Kier molecular flexibility index (Phi) is 3.60. The number of nitrogens with zero attached hydrogens (tertiary/aromatic N) is 2. The Labute approximate surface area is 113 Å². The van der Waals surface area contributed by atoms with Gasteiger partial charge in [-0.2, -0.15) is 0 Å². The SMILES string of the molecule is Cc1ccc(-c2nc(C)n(CC(C)C)c2N)cc1F. The first-order valence-corrected chi connectivity index (χ1v) is 6.49. The van der Waals surface area contributed by atoms with Gasteiger partial charge in [0.15, 0.2) is 0 Å². The van der Waals surface area contributed by atoms with Crippen LogP contribution in [0.25, 0.3) is 11.3 Å². The maximum atomic E-state index is 13.6. The van der Waals surface area contributed by atoms with Gasteiger partial charge in [0.2, 0.25) is 0 Å². The van der Waals surface area contributed by atoms with E-state index in [1.165, 1.54) is 6.07 Å². The molecule has 1 heterocycles. The molecule has 0 saturated heterocycles. The summed E-state index contributed by atoms with van der Waals surface area (Å²) in [6.07, 6.45) is 0. The Morgan fingerprint density at radius 3 is 2.58 bits per heavy atom. The van der Waals surface area contributed by atoms with Crippen LogP contribution in [0.4, 0.5) is 10.2 Å². The zero-order chi connectivity index (χ0) is 14.2. The highest BCUT2D eigenvalue weighted by Gasteiger charge is 2.15. The molecule has 0 amide bonds. The van der Waals surface area contributed by atoms with Gasteiger partial charge in [-0.3, -0.25) is 0 Å². The highest BCUT2D eigenvalue weighted by Crippen LogP contribution is 2.28. The minimum Gasteiger partial charge on any atom is -0.383 e. The van der Waals surface area contributed by atoms with Crippen LogP contribution < -0.4 is 5.73 Å². The molecular weight excluding hydrogens is 241 g/mol. The number of aryl methyl sites for hydroxylation is 2. The molecule has 2 rings (SSSR count). The van der Waals surface area contributed by atoms with Crippen molar-refractivity contribution in [3.63, 3.8) is 0 Å². The number of imidazole rings is 1. The minimum absolute atomic E-state index is 0.229. The zero-order valence-electron chi connectivity index (χ0n) is 11.9. The molecule has 0 atom stereocenters. The van der Waals surface area contributed by atoms with Crippen LogP contribution in [0.5, 0.6) is 0 Å². The number of anilines is 1. The largest absolute Gasteiger partial charge is 0.383 e. The predicted octanol–water partition coefficient (Wildman–Crippen LogP) is 3.54. The molecule has 0 unspecified atom stereocenters. The van der Waals surface area contributed by atoms with E-state index in [0.29, 0.717) is 23.0 Å². The summed E-state index contributed by atoms with van der Waals surface area (Å²) in [5, 5.41) is 0. The number of nitrogens with two attached hydrogens (primary N) is 1. The standard InChI is InChI=1S/C15H20FN3/c1-9(2)8-19-11(4)18-14(15(19)17)12-6-5-10(3)13(16)7-12/h5-7,9H,8,17H2,1-4H3. The van der Waals surface area contributed by atoms with Crippen LogP contribution in [0, 0.1) is 25.6 Å². The Hall–Kier alpha value is -1.84. The maximum Gasteiger partial charge on any atom is 0.131 e. The second kappa shape index (κ2) is 5.03. The fraction of sp³-hybridized carbons (Fsp3) is 0.400. The third-order valence-corrected chi connectivity index (χ3v) is 3.19. The van der Waals surface area contributed by atoms with Gasteiger partial charge in [0.05, 0.1) is 0 Å². The van der Waals surface area contributed by atoms with Gasteiger partial charge >= 0.3 is 0 Å². The first-order valence-electron chi connectivity index (χ1n) is 6.49. The molecule has 1 aromatic heterocycles. The van der Waals surface area contributed by atoms with Crippen LogP contribution in [-0.4, -0.2) is 9.55 Å². The van der Waals surface area contributed by atoms with Gasteiger partial charge in [-0.1, -0.05) is 26.0 Å². The molecule has 0 aliphatic rings. The smallest absolute Gasteiger partial charge is 0.131 e. The van der Waals surface area contributed by atoms with Crippen molar-refractivity contribution in [3.8, 4) is 11.3 Å². The van der Waals surface area contributed by atoms with E-state index >= 15 is 0 Å². The molecule has 2 aromatic rings. The molecule has 0 saturated carbocycles. The van der Waals surface area contributed by atoms with Gasteiger partial charge < -0.3 is 10.3 Å². The van der Waals surface area contributed by atoms with Crippen LogP contribution in [0.3, 0.4) is 0 Å². The highest BCUT2D eigenvalue weighted by molar-refractivity contribution is 5.71. The number of rotatable bonds is 3. The van der Waals surface area contributed by atoms with Crippen molar-refractivity contribution >= 4 is 5.82 Å². The lowest BCUT2D eigenvalue weighted by Crippen LogP contribution is -2.09. The van der Waals surface area contributed by atoms with Crippen LogP contribution in [-0.2, 0) is 6.54 Å². The van der Waals surface area contributed by atoms with Gasteiger partial charge in [-0.25, -0.2) is 9.37 Å². The first-order chi connectivity index (χ1) is 8.90. The molecule has 3 nitrogen and oxygen atoms in total. The quantitative estimate of drug-likeness (QED) is 0.918. The molecule has 0 bridgehead atoms. The van der Waals surface area contributed by atoms with E-state index in [1.54, 1.807) is 13.0 Å². The van der Waals surface area contributed by atoms with Crippen molar-refractivity contribution in [2.24, 2.45) is 5.92 Å². The number of hydrogen-bond donors (Lipinski definition) is 1. The van der Waals surface area contributed by atoms with Gasteiger partial charge in [0.25, 0.3) is 0 Å². The molecule has 0 radical (unpaired) electrons. The lowest BCUT2D eigenvalue weighted by Gasteiger charge is -2.10.